The van der Waals surface area contributed by atoms with E-state index in [-0.39, 0.29) is 6.67 Å². The van der Waals surface area contributed by atoms with E-state index >= 15 is 0 Å². The molecule has 0 heterocycles. The van der Waals surface area contributed by atoms with Crippen LogP contribution in [0.2, 0.25) is 0 Å². The molecule has 1 unspecified atom stereocenters. The average molecular weight is 223 g/mol. The van der Waals surface area contributed by atoms with Crippen LogP contribution < -0.4 is 10.1 Å². The molecule has 0 saturated heterocycles. The highest BCUT2D eigenvalue weighted by molar-refractivity contribution is 5.45. The fourth-order valence-electron chi connectivity index (χ4n) is 2.29. The second-order valence-corrected chi connectivity index (χ2v) is 4.09. The van der Waals surface area contributed by atoms with Crippen LogP contribution in [-0.4, -0.2) is 20.3 Å². The molecule has 0 aromatic heterocycles. The van der Waals surface area contributed by atoms with Crippen molar-refractivity contribution in [3.63, 3.8) is 0 Å². The van der Waals surface area contributed by atoms with Crippen molar-refractivity contribution in [2.24, 2.45) is 0 Å². The van der Waals surface area contributed by atoms with Gasteiger partial charge in [-0.1, -0.05) is 12.1 Å². The molecule has 1 aromatic carbocycles. The van der Waals surface area contributed by atoms with Crippen LogP contribution in [0.1, 0.15) is 30.0 Å². The van der Waals surface area contributed by atoms with E-state index in [1.807, 2.05) is 19.2 Å². The quantitative estimate of drug-likeness (QED) is 0.775. The van der Waals surface area contributed by atoms with E-state index in [0.29, 0.717) is 19.1 Å². The van der Waals surface area contributed by atoms with Crippen LogP contribution in [0.3, 0.4) is 0 Å². The van der Waals surface area contributed by atoms with Gasteiger partial charge in [-0.2, -0.15) is 0 Å². The Bertz CT molecular complexity index is 354. The number of hydrogen-bond donors (Lipinski definition) is 1. The summed E-state index contributed by atoms with van der Waals surface area (Å²) in [5.41, 5.74) is 2.63. The Morgan fingerprint density at radius 3 is 3.12 bits per heavy atom. The maximum Gasteiger partial charge on any atom is 0.122 e. The number of halogens is 1. The van der Waals surface area contributed by atoms with Crippen molar-refractivity contribution >= 4 is 0 Å². The Balaban J connectivity index is 2.12. The lowest BCUT2D eigenvalue weighted by atomic mass is 10.1. The monoisotopic (exact) mass is 223 g/mol. The van der Waals surface area contributed by atoms with Gasteiger partial charge in [-0.3, -0.25) is 4.39 Å². The fraction of sp³-hybridized carbons (Fsp3) is 0.538. The van der Waals surface area contributed by atoms with Gasteiger partial charge in [0.1, 0.15) is 5.75 Å². The minimum Gasteiger partial charge on any atom is -0.493 e. The van der Waals surface area contributed by atoms with Crippen LogP contribution in [0, 0.1) is 0 Å². The Morgan fingerprint density at radius 2 is 2.38 bits per heavy atom. The van der Waals surface area contributed by atoms with Crippen LogP contribution >= 0.6 is 0 Å². The molecule has 0 saturated carbocycles. The summed E-state index contributed by atoms with van der Waals surface area (Å²) in [7, 11) is 1.98. The number of hydrogen-bond acceptors (Lipinski definition) is 2. The lowest BCUT2D eigenvalue weighted by Gasteiger charge is -2.12. The van der Waals surface area contributed by atoms with Crippen molar-refractivity contribution < 1.29 is 9.13 Å². The van der Waals surface area contributed by atoms with E-state index in [1.54, 1.807) is 0 Å². The first-order valence-corrected chi connectivity index (χ1v) is 5.84. The Morgan fingerprint density at radius 1 is 1.50 bits per heavy atom. The standard InChI is InChI=1S/C13H18FNO/c1-15-12-7-6-11-10(12)4-2-5-13(11)16-9-3-8-14/h2,4-5,12,15H,3,6-9H2,1H3. The molecular formula is C13H18FNO. The van der Waals surface area contributed by atoms with E-state index in [4.69, 9.17) is 4.74 Å². The minimum absolute atomic E-state index is 0.311. The molecular weight excluding hydrogens is 205 g/mol. The Hall–Kier alpha value is -1.09. The fourth-order valence-corrected chi connectivity index (χ4v) is 2.29. The summed E-state index contributed by atoms with van der Waals surface area (Å²) in [6, 6.07) is 6.58. The van der Waals surface area contributed by atoms with Crippen LogP contribution in [0.15, 0.2) is 18.2 Å². The molecule has 1 aromatic rings. The predicted octanol–water partition coefficient (Wildman–Crippen LogP) is 2.63. The van der Waals surface area contributed by atoms with Gasteiger partial charge < -0.3 is 10.1 Å². The molecule has 0 spiro atoms. The van der Waals surface area contributed by atoms with Gasteiger partial charge in [-0.15, -0.1) is 0 Å². The topological polar surface area (TPSA) is 21.3 Å². The molecule has 0 fully saturated rings. The van der Waals surface area contributed by atoms with E-state index in [0.717, 1.165) is 18.6 Å². The number of alkyl halides is 1. The smallest absolute Gasteiger partial charge is 0.122 e. The maximum absolute atomic E-state index is 12.0. The molecule has 0 amide bonds. The van der Waals surface area contributed by atoms with E-state index in [2.05, 4.69) is 11.4 Å². The number of rotatable bonds is 5. The SMILES string of the molecule is CNC1CCc2c(OCCCF)cccc21. The first-order chi connectivity index (χ1) is 7.86. The maximum atomic E-state index is 12.0. The molecule has 1 atom stereocenters. The van der Waals surface area contributed by atoms with Gasteiger partial charge in [-0.05, 0) is 37.1 Å². The molecule has 88 valence electrons. The third-order valence-electron chi connectivity index (χ3n) is 3.11. The second-order valence-electron chi connectivity index (χ2n) is 4.09. The summed E-state index contributed by atoms with van der Waals surface area (Å²) in [6.45, 7) is 0.158. The van der Waals surface area contributed by atoms with Crippen molar-refractivity contribution in [2.75, 3.05) is 20.3 Å². The zero-order valence-corrected chi connectivity index (χ0v) is 9.63. The van der Waals surface area contributed by atoms with Gasteiger partial charge in [0, 0.05) is 12.5 Å². The van der Waals surface area contributed by atoms with Crippen LogP contribution in [0.25, 0.3) is 0 Å². The van der Waals surface area contributed by atoms with Gasteiger partial charge in [0.25, 0.3) is 0 Å². The molecule has 1 aliphatic carbocycles. The van der Waals surface area contributed by atoms with E-state index in [1.165, 1.54) is 11.1 Å². The summed E-state index contributed by atoms with van der Waals surface area (Å²) < 4.78 is 17.6. The van der Waals surface area contributed by atoms with Crippen molar-refractivity contribution in [3.8, 4) is 5.75 Å². The van der Waals surface area contributed by atoms with Gasteiger partial charge in [-0.25, -0.2) is 0 Å². The molecule has 0 aliphatic heterocycles. The Labute approximate surface area is 95.8 Å². The molecule has 0 radical (unpaired) electrons. The minimum atomic E-state index is -0.311. The number of benzene rings is 1. The van der Waals surface area contributed by atoms with Gasteiger partial charge >= 0.3 is 0 Å². The van der Waals surface area contributed by atoms with Gasteiger partial charge in [0.05, 0.1) is 13.3 Å². The van der Waals surface area contributed by atoms with E-state index < -0.39 is 0 Å². The first-order valence-electron chi connectivity index (χ1n) is 5.84. The van der Waals surface area contributed by atoms with Crippen molar-refractivity contribution in [1.29, 1.82) is 0 Å². The van der Waals surface area contributed by atoms with Crippen LogP contribution in [-0.2, 0) is 6.42 Å². The van der Waals surface area contributed by atoms with Crippen molar-refractivity contribution in [3.05, 3.63) is 29.3 Å². The molecule has 1 aliphatic rings. The van der Waals surface area contributed by atoms with Crippen molar-refractivity contribution in [2.45, 2.75) is 25.3 Å². The Kier molecular flexibility index (Phi) is 3.78. The summed E-state index contributed by atoms with van der Waals surface area (Å²) in [6.07, 6.45) is 2.64. The number of ether oxygens (including phenoxy) is 1. The molecule has 2 nitrogen and oxygen atoms in total. The lowest BCUT2D eigenvalue weighted by molar-refractivity contribution is 0.287. The zero-order valence-electron chi connectivity index (χ0n) is 9.63. The molecule has 1 N–H and O–H groups in total. The lowest BCUT2D eigenvalue weighted by Crippen LogP contribution is -2.12. The predicted molar refractivity (Wildman–Crippen MR) is 62.7 cm³/mol. The molecule has 3 heteroatoms. The van der Waals surface area contributed by atoms with Crippen LogP contribution in [0.5, 0.6) is 5.75 Å². The van der Waals surface area contributed by atoms with Gasteiger partial charge in [0.15, 0.2) is 0 Å². The summed E-state index contributed by atoms with van der Waals surface area (Å²) in [5, 5.41) is 3.30. The van der Waals surface area contributed by atoms with E-state index in [9.17, 15) is 4.39 Å². The summed E-state index contributed by atoms with van der Waals surface area (Å²) in [5.74, 6) is 0.934. The number of nitrogens with one attached hydrogen (secondary N) is 1. The molecule has 0 bridgehead atoms. The van der Waals surface area contributed by atoms with Crippen molar-refractivity contribution in [1.82, 2.24) is 5.32 Å². The number of fused-ring (bicyclic) bond motifs is 1. The first kappa shape index (κ1) is 11.4. The highest BCUT2D eigenvalue weighted by Gasteiger charge is 2.23. The highest BCUT2D eigenvalue weighted by Crippen LogP contribution is 2.36. The zero-order chi connectivity index (χ0) is 11.4. The normalized spacial score (nSPS) is 18.5. The third kappa shape index (κ3) is 2.19. The molecule has 2 rings (SSSR count). The second kappa shape index (κ2) is 5.30. The largest absolute Gasteiger partial charge is 0.493 e. The third-order valence-corrected chi connectivity index (χ3v) is 3.11. The summed E-state index contributed by atoms with van der Waals surface area (Å²) >= 11 is 0. The average Bonchev–Trinajstić information content (AvgIpc) is 2.73. The summed E-state index contributed by atoms with van der Waals surface area (Å²) in [4.78, 5) is 0. The van der Waals surface area contributed by atoms with Gasteiger partial charge in [0.2, 0.25) is 0 Å². The van der Waals surface area contributed by atoms with Crippen LogP contribution in [0.4, 0.5) is 4.39 Å². The highest BCUT2D eigenvalue weighted by atomic mass is 19.1. The molecule has 16 heavy (non-hydrogen) atoms.